The fraction of sp³-hybridized carbons (Fsp3) is 0.200. The summed E-state index contributed by atoms with van der Waals surface area (Å²) in [7, 11) is 1.64. The lowest BCUT2D eigenvalue weighted by Gasteiger charge is -2.11. The molecule has 0 radical (unpaired) electrons. The highest BCUT2D eigenvalue weighted by molar-refractivity contribution is 9.10. The Morgan fingerprint density at radius 1 is 1.53 bits per heavy atom. The molecule has 1 aromatic carbocycles. The van der Waals surface area contributed by atoms with Gasteiger partial charge >= 0.3 is 0 Å². The van der Waals surface area contributed by atoms with Crippen LogP contribution in [0.2, 0.25) is 5.02 Å². The fourth-order valence-corrected chi connectivity index (χ4v) is 2.13. The molecule has 1 aromatic heterocycles. The van der Waals surface area contributed by atoms with E-state index < -0.39 is 11.9 Å². The molecule has 0 saturated heterocycles. The zero-order chi connectivity index (χ0) is 12.6. The molecular weight excluding hydrogens is 312 g/mol. The quantitative estimate of drug-likeness (QED) is 0.925. The van der Waals surface area contributed by atoms with Crippen molar-refractivity contribution in [1.82, 2.24) is 15.0 Å². The molecule has 4 nitrogen and oxygen atoms in total. The van der Waals surface area contributed by atoms with Gasteiger partial charge in [0, 0.05) is 7.05 Å². The summed E-state index contributed by atoms with van der Waals surface area (Å²) in [6.07, 6.45) is -1.02. The van der Waals surface area contributed by atoms with Gasteiger partial charge in [-0.2, -0.15) is 0 Å². The van der Waals surface area contributed by atoms with Crippen molar-refractivity contribution in [2.24, 2.45) is 7.05 Å². The van der Waals surface area contributed by atoms with Gasteiger partial charge in [0.25, 0.3) is 0 Å². The van der Waals surface area contributed by atoms with E-state index in [1.54, 1.807) is 13.1 Å². The summed E-state index contributed by atoms with van der Waals surface area (Å²) in [6.45, 7) is 0. The van der Waals surface area contributed by atoms with Crippen LogP contribution in [0.3, 0.4) is 0 Å². The Bertz CT molecular complexity index is 541. The minimum absolute atomic E-state index is 0.0168. The van der Waals surface area contributed by atoms with Crippen molar-refractivity contribution in [2.75, 3.05) is 0 Å². The van der Waals surface area contributed by atoms with E-state index in [1.807, 2.05) is 0 Å². The van der Waals surface area contributed by atoms with Gasteiger partial charge in [0.05, 0.1) is 5.02 Å². The van der Waals surface area contributed by atoms with E-state index in [1.165, 1.54) is 16.8 Å². The monoisotopic (exact) mass is 319 g/mol. The number of aryl methyl sites for hydroxylation is 1. The molecule has 1 unspecified atom stereocenters. The lowest BCUT2D eigenvalue weighted by atomic mass is 10.1. The van der Waals surface area contributed by atoms with Crippen molar-refractivity contribution in [1.29, 1.82) is 0 Å². The Morgan fingerprint density at radius 2 is 2.24 bits per heavy atom. The SMILES string of the molecule is Cn1nnc(Br)c1C(O)c1ccc(Cl)c(F)c1. The topological polar surface area (TPSA) is 50.9 Å². The fourth-order valence-electron chi connectivity index (χ4n) is 1.47. The van der Waals surface area contributed by atoms with E-state index >= 15 is 0 Å². The zero-order valence-electron chi connectivity index (χ0n) is 8.73. The van der Waals surface area contributed by atoms with E-state index in [4.69, 9.17) is 11.6 Å². The largest absolute Gasteiger partial charge is 0.382 e. The summed E-state index contributed by atoms with van der Waals surface area (Å²) in [5, 5.41) is 17.6. The van der Waals surface area contributed by atoms with Gasteiger partial charge in [0.2, 0.25) is 0 Å². The number of aliphatic hydroxyl groups excluding tert-OH is 1. The second-order valence-electron chi connectivity index (χ2n) is 3.47. The molecule has 2 aromatic rings. The van der Waals surface area contributed by atoms with E-state index in [2.05, 4.69) is 26.2 Å². The molecular formula is C10H8BrClFN3O. The van der Waals surface area contributed by atoms with Crippen LogP contribution in [0.1, 0.15) is 17.4 Å². The molecule has 1 N–H and O–H groups in total. The first-order valence-corrected chi connectivity index (χ1v) is 5.86. The second kappa shape index (κ2) is 4.72. The minimum atomic E-state index is -1.02. The van der Waals surface area contributed by atoms with Gasteiger partial charge in [-0.3, -0.25) is 0 Å². The van der Waals surface area contributed by atoms with Crippen LogP contribution >= 0.6 is 27.5 Å². The van der Waals surface area contributed by atoms with E-state index in [0.29, 0.717) is 15.9 Å². The molecule has 90 valence electrons. The Labute approximate surface area is 110 Å². The number of aliphatic hydroxyl groups is 1. The molecule has 0 aliphatic rings. The smallest absolute Gasteiger partial charge is 0.154 e. The van der Waals surface area contributed by atoms with Crippen LogP contribution in [-0.4, -0.2) is 20.1 Å². The zero-order valence-corrected chi connectivity index (χ0v) is 11.1. The van der Waals surface area contributed by atoms with Gasteiger partial charge in [0.1, 0.15) is 17.6 Å². The van der Waals surface area contributed by atoms with Gasteiger partial charge in [-0.05, 0) is 33.6 Å². The molecule has 17 heavy (non-hydrogen) atoms. The predicted molar refractivity (Wildman–Crippen MR) is 64.2 cm³/mol. The van der Waals surface area contributed by atoms with Gasteiger partial charge in [-0.1, -0.05) is 22.9 Å². The average molecular weight is 321 g/mol. The van der Waals surface area contributed by atoms with Crippen LogP contribution in [0.25, 0.3) is 0 Å². The van der Waals surface area contributed by atoms with Gasteiger partial charge in [-0.25, -0.2) is 9.07 Å². The summed E-state index contributed by atoms with van der Waals surface area (Å²) >= 11 is 8.75. The van der Waals surface area contributed by atoms with Crippen molar-refractivity contribution in [2.45, 2.75) is 6.10 Å². The maximum atomic E-state index is 13.3. The molecule has 0 fully saturated rings. The third kappa shape index (κ3) is 2.34. The predicted octanol–water partition coefficient (Wildman–Crippen LogP) is 2.45. The first kappa shape index (κ1) is 12.5. The Balaban J connectivity index is 2.43. The van der Waals surface area contributed by atoms with Crippen molar-refractivity contribution in [3.8, 4) is 0 Å². The maximum Gasteiger partial charge on any atom is 0.154 e. The van der Waals surface area contributed by atoms with Crippen molar-refractivity contribution in [3.63, 3.8) is 0 Å². The van der Waals surface area contributed by atoms with Crippen LogP contribution < -0.4 is 0 Å². The number of rotatable bonds is 2. The first-order valence-electron chi connectivity index (χ1n) is 4.68. The number of aromatic nitrogens is 3. The number of nitrogens with zero attached hydrogens (tertiary/aromatic N) is 3. The van der Waals surface area contributed by atoms with Crippen LogP contribution in [0, 0.1) is 5.82 Å². The Kier molecular flexibility index (Phi) is 3.46. The standard InChI is InChI=1S/C10H8BrClFN3O/c1-16-8(10(11)14-15-16)9(17)5-2-3-6(12)7(13)4-5/h2-4,9,17H,1H3. The van der Waals surface area contributed by atoms with Crippen LogP contribution in [0.5, 0.6) is 0 Å². The molecule has 0 amide bonds. The van der Waals surface area contributed by atoms with Gasteiger partial charge < -0.3 is 5.11 Å². The van der Waals surface area contributed by atoms with Crippen LogP contribution in [0.15, 0.2) is 22.8 Å². The number of hydrogen-bond donors (Lipinski definition) is 1. The maximum absolute atomic E-state index is 13.3. The summed E-state index contributed by atoms with van der Waals surface area (Å²) < 4.78 is 15.1. The molecule has 0 spiro atoms. The molecule has 1 heterocycles. The highest BCUT2D eigenvalue weighted by atomic mass is 79.9. The third-order valence-electron chi connectivity index (χ3n) is 2.35. The third-order valence-corrected chi connectivity index (χ3v) is 3.22. The molecule has 2 rings (SSSR count). The van der Waals surface area contributed by atoms with E-state index in [0.717, 1.165) is 0 Å². The molecule has 1 atom stereocenters. The molecule has 0 aliphatic heterocycles. The second-order valence-corrected chi connectivity index (χ2v) is 4.62. The number of hydrogen-bond acceptors (Lipinski definition) is 3. The van der Waals surface area contributed by atoms with Crippen molar-refractivity contribution >= 4 is 27.5 Å². The Morgan fingerprint density at radius 3 is 2.76 bits per heavy atom. The normalized spacial score (nSPS) is 12.8. The van der Waals surface area contributed by atoms with Crippen LogP contribution in [-0.2, 0) is 7.05 Å². The molecule has 0 bridgehead atoms. The lowest BCUT2D eigenvalue weighted by molar-refractivity contribution is 0.208. The molecule has 0 saturated carbocycles. The highest BCUT2D eigenvalue weighted by Crippen LogP contribution is 2.28. The van der Waals surface area contributed by atoms with Gasteiger partial charge in [0.15, 0.2) is 4.60 Å². The van der Waals surface area contributed by atoms with Gasteiger partial charge in [-0.15, -0.1) is 5.10 Å². The first-order chi connectivity index (χ1) is 8.00. The summed E-state index contributed by atoms with van der Waals surface area (Å²) in [6, 6.07) is 4.13. The van der Waals surface area contributed by atoms with E-state index in [-0.39, 0.29) is 5.02 Å². The molecule has 7 heteroatoms. The lowest BCUT2D eigenvalue weighted by Crippen LogP contribution is -2.07. The van der Waals surface area contributed by atoms with E-state index in [9.17, 15) is 9.50 Å². The highest BCUT2D eigenvalue weighted by Gasteiger charge is 2.20. The summed E-state index contributed by atoms with van der Waals surface area (Å²) in [4.78, 5) is 0. The number of benzene rings is 1. The summed E-state index contributed by atoms with van der Waals surface area (Å²) in [5.41, 5.74) is 0.838. The molecule has 0 aliphatic carbocycles. The number of halogens is 3. The minimum Gasteiger partial charge on any atom is -0.382 e. The van der Waals surface area contributed by atoms with Crippen LogP contribution in [0.4, 0.5) is 4.39 Å². The average Bonchev–Trinajstić information content (AvgIpc) is 2.62. The van der Waals surface area contributed by atoms with Crippen molar-refractivity contribution < 1.29 is 9.50 Å². The summed E-state index contributed by atoms with van der Waals surface area (Å²) in [5.74, 6) is -0.575. The Hall–Kier alpha value is -0.980. The van der Waals surface area contributed by atoms with Crippen molar-refractivity contribution in [3.05, 3.63) is 44.9 Å².